The lowest BCUT2D eigenvalue weighted by Gasteiger charge is -2.18. The number of hydrogen-bond acceptors (Lipinski definition) is 5. The molecule has 7 nitrogen and oxygen atoms in total. The third-order valence-corrected chi connectivity index (χ3v) is 3.49. The highest BCUT2D eigenvalue weighted by atomic mass is 16.7. The topological polar surface area (TPSA) is 102 Å². The number of aliphatic carboxylic acids is 1. The Kier molecular flexibility index (Phi) is 11.7. The maximum atomic E-state index is 11.6. The molecule has 0 aliphatic rings. The summed E-state index contributed by atoms with van der Waals surface area (Å²) in [6, 6.07) is 0. The predicted molar refractivity (Wildman–Crippen MR) is 89.4 cm³/mol. The minimum atomic E-state index is -0.915. The third kappa shape index (κ3) is 12.7. The number of carboxylic acid groups (broad SMARTS) is 1. The van der Waals surface area contributed by atoms with E-state index in [9.17, 15) is 14.4 Å². The second kappa shape index (κ2) is 12.6. The van der Waals surface area contributed by atoms with E-state index in [-0.39, 0.29) is 12.8 Å². The van der Waals surface area contributed by atoms with E-state index in [0.717, 1.165) is 19.3 Å². The van der Waals surface area contributed by atoms with Crippen molar-refractivity contribution < 1.29 is 29.0 Å². The first-order valence-electron chi connectivity index (χ1n) is 8.60. The Morgan fingerprint density at radius 3 is 2.29 bits per heavy atom. The molecule has 0 saturated heterocycles. The van der Waals surface area contributed by atoms with Crippen LogP contribution in [0.15, 0.2) is 0 Å². The Bertz CT molecular complexity index is 397. The van der Waals surface area contributed by atoms with E-state index in [0.29, 0.717) is 24.8 Å². The van der Waals surface area contributed by atoms with Gasteiger partial charge < -0.3 is 19.9 Å². The van der Waals surface area contributed by atoms with Crippen molar-refractivity contribution in [3.63, 3.8) is 0 Å². The molecule has 0 aromatic carbocycles. The summed E-state index contributed by atoms with van der Waals surface area (Å²) >= 11 is 0. The maximum Gasteiger partial charge on any atom is 0.410 e. The molecule has 24 heavy (non-hydrogen) atoms. The van der Waals surface area contributed by atoms with Crippen molar-refractivity contribution in [1.29, 1.82) is 0 Å². The lowest BCUT2D eigenvalue weighted by atomic mass is 9.89. The molecule has 0 aromatic rings. The molecule has 0 aromatic heterocycles. The molecule has 2 N–H and O–H groups in total. The SMILES string of the molecule is CCC(=O)O[C@H](C)OC(=O)NCCC[C@@H](CCC(=O)O)CC(C)C. The zero-order valence-corrected chi connectivity index (χ0v) is 15.2. The second-order valence-electron chi connectivity index (χ2n) is 6.31. The number of carbonyl (C=O) groups excluding carboxylic acids is 2. The van der Waals surface area contributed by atoms with Gasteiger partial charge in [0, 0.05) is 26.3 Å². The van der Waals surface area contributed by atoms with E-state index in [4.69, 9.17) is 14.6 Å². The lowest BCUT2D eigenvalue weighted by Crippen LogP contribution is -2.30. The Hall–Kier alpha value is -1.79. The van der Waals surface area contributed by atoms with Crippen LogP contribution >= 0.6 is 0 Å². The Labute approximate surface area is 144 Å². The van der Waals surface area contributed by atoms with Crippen molar-refractivity contribution in [3.05, 3.63) is 0 Å². The van der Waals surface area contributed by atoms with Crippen molar-refractivity contribution >= 4 is 18.0 Å². The van der Waals surface area contributed by atoms with Gasteiger partial charge in [0.15, 0.2) is 0 Å². The summed E-state index contributed by atoms with van der Waals surface area (Å²) in [7, 11) is 0. The number of hydrogen-bond donors (Lipinski definition) is 2. The van der Waals surface area contributed by atoms with Gasteiger partial charge in [-0.3, -0.25) is 9.59 Å². The van der Waals surface area contributed by atoms with Gasteiger partial charge in [0.25, 0.3) is 0 Å². The van der Waals surface area contributed by atoms with Gasteiger partial charge in [0.05, 0.1) is 0 Å². The highest BCUT2D eigenvalue weighted by molar-refractivity contribution is 5.70. The average molecular weight is 345 g/mol. The van der Waals surface area contributed by atoms with Crippen LogP contribution in [0.25, 0.3) is 0 Å². The summed E-state index contributed by atoms with van der Waals surface area (Å²) in [6.07, 6.45) is 2.08. The summed E-state index contributed by atoms with van der Waals surface area (Å²) in [6.45, 7) is 7.81. The number of amides is 1. The van der Waals surface area contributed by atoms with Crippen molar-refractivity contribution in [3.8, 4) is 0 Å². The van der Waals surface area contributed by atoms with E-state index in [1.54, 1.807) is 6.92 Å². The molecule has 0 spiro atoms. The molecular formula is C17H31NO6. The Balaban J connectivity index is 3.98. The number of rotatable bonds is 12. The average Bonchev–Trinajstić information content (AvgIpc) is 2.47. The fourth-order valence-electron chi connectivity index (χ4n) is 2.44. The Morgan fingerprint density at radius 2 is 1.75 bits per heavy atom. The smallest absolute Gasteiger partial charge is 0.410 e. The molecule has 0 radical (unpaired) electrons. The van der Waals surface area contributed by atoms with Gasteiger partial charge in [-0.05, 0) is 37.5 Å². The number of ether oxygens (including phenoxy) is 2. The third-order valence-electron chi connectivity index (χ3n) is 3.49. The quantitative estimate of drug-likeness (QED) is 0.319. The van der Waals surface area contributed by atoms with E-state index >= 15 is 0 Å². The summed E-state index contributed by atoms with van der Waals surface area (Å²) < 4.78 is 9.74. The first-order valence-corrected chi connectivity index (χ1v) is 8.60. The van der Waals surface area contributed by atoms with Crippen molar-refractivity contribution in [2.75, 3.05) is 6.54 Å². The summed E-state index contributed by atoms with van der Waals surface area (Å²) in [5.74, 6) is -0.356. The van der Waals surface area contributed by atoms with E-state index in [2.05, 4.69) is 19.2 Å². The van der Waals surface area contributed by atoms with Crippen molar-refractivity contribution in [2.45, 2.75) is 72.5 Å². The number of carbonyl (C=O) groups is 3. The van der Waals surface area contributed by atoms with Gasteiger partial charge in [0.2, 0.25) is 6.29 Å². The molecule has 0 fully saturated rings. The molecule has 0 heterocycles. The number of nitrogens with one attached hydrogen (secondary N) is 1. The van der Waals surface area contributed by atoms with Crippen LogP contribution in [-0.2, 0) is 19.1 Å². The summed E-state index contributed by atoms with van der Waals surface area (Å²) in [5.41, 5.74) is 0. The van der Waals surface area contributed by atoms with Crippen molar-refractivity contribution in [2.24, 2.45) is 11.8 Å². The first kappa shape index (κ1) is 22.2. The minimum absolute atomic E-state index is 0.174. The van der Waals surface area contributed by atoms with E-state index < -0.39 is 24.3 Å². The molecule has 0 aliphatic heterocycles. The van der Waals surface area contributed by atoms with Gasteiger partial charge in [-0.15, -0.1) is 0 Å². The standard InChI is InChI=1S/C17H31NO6/c1-5-16(21)23-13(4)24-17(22)18-10-6-7-14(11-12(2)3)8-9-15(19)20/h12-14H,5-11H2,1-4H3,(H,18,22)(H,19,20)/t13-,14-/m0/s1. The lowest BCUT2D eigenvalue weighted by molar-refractivity contribution is -0.164. The second-order valence-corrected chi connectivity index (χ2v) is 6.31. The van der Waals surface area contributed by atoms with Gasteiger partial charge in [-0.1, -0.05) is 20.8 Å². The number of carboxylic acids is 1. The normalized spacial score (nSPS) is 13.2. The van der Waals surface area contributed by atoms with Crippen LogP contribution in [0, 0.1) is 11.8 Å². The van der Waals surface area contributed by atoms with Crippen LogP contribution in [0.1, 0.15) is 66.2 Å². The Morgan fingerprint density at radius 1 is 1.08 bits per heavy atom. The zero-order chi connectivity index (χ0) is 18.5. The van der Waals surface area contributed by atoms with Crippen LogP contribution in [-0.4, -0.2) is 36.0 Å². The zero-order valence-electron chi connectivity index (χ0n) is 15.2. The van der Waals surface area contributed by atoms with Crippen LogP contribution in [0.4, 0.5) is 4.79 Å². The van der Waals surface area contributed by atoms with E-state index in [1.807, 2.05) is 0 Å². The number of alkyl carbamates (subject to hydrolysis) is 1. The summed E-state index contributed by atoms with van der Waals surface area (Å²) in [4.78, 5) is 33.3. The predicted octanol–water partition coefficient (Wildman–Crippen LogP) is 3.32. The van der Waals surface area contributed by atoms with Gasteiger partial charge in [-0.2, -0.15) is 0 Å². The molecule has 0 aliphatic carbocycles. The fraction of sp³-hybridized carbons (Fsp3) is 0.824. The summed E-state index contributed by atoms with van der Waals surface area (Å²) in [5, 5.41) is 11.4. The molecule has 2 atom stereocenters. The van der Waals surface area contributed by atoms with Crippen LogP contribution in [0.5, 0.6) is 0 Å². The van der Waals surface area contributed by atoms with Gasteiger partial charge in [-0.25, -0.2) is 4.79 Å². The first-order chi connectivity index (χ1) is 11.2. The van der Waals surface area contributed by atoms with Crippen LogP contribution in [0.2, 0.25) is 0 Å². The largest absolute Gasteiger partial charge is 0.481 e. The molecule has 0 unspecified atom stereocenters. The highest BCUT2D eigenvalue weighted by Gasteiger charge is 2.14. The molecule has 1 amide bonds. The minimum Gasteiger partial charge on any atom is -0.481 e. The van der Waals surface area contributed by atoms with Crippen LogP contribution < -0.4 is 5.32 Å². The van der Waals surface area contributed by atoms with Crippen molar-refractivity contribution in [1.82, 2.24) is 5.32 Å². The van der Waals surface area contributed by atoms with Gasteiger partial charge in [0.1, 0.15) is 0 Å². The number of esters is 1. The monoisotopic (exact) mass is 345 g/mol. The van der Waals surface area contributed by atoms with Gasteiger partial charge >= 0.3 is 18.0 Å². The fourth-order valence-corrected chi connectivity index (χ4v) is 2.44. The molecule has 0 bridgehead atoms. The molecule has 0 saturated carbocycles. The molecular weight excluding hydrogens is 314 g/mol. The van der Waals surface area contributed by atoms with Crippen LogP contribution in [0.3, 0.4) is 0 Å². The molecule has 140 valence electrons. The molecule has 0 rings (SSSR count). The van der Waals surface area contributed by atoms with E-state index in [1.165, 1.54) is 6.92 Å². The maximum absolute atomic E-state index is 11.6. The molecule has 7 heteroatoms. The highest BCUT2D eigenvalue weighted by Crippen LogP contribution is 2.22.